The first-order valence-corrected chi connectivity index (χ1v) is 8.76. The minimum Gasteiger partial charge on any atom is -0.496 e. The third-order valence-electron chi connectivity index (χ3n) is 3.31. The summed E-state index contributed by atoms with van der Waals surface area (Å²) in [7, 11) is -1.53. The van der Waals surface area contributed by atoms with Crippen LogP contribution in [0.5, 0.6) is 5.75 Å². The van der Waals surface area contributed by atoms with E-state index >= 15 is 0 Å². The Morgan fingerprint density at radius 2 is 1.80 bits per heavy atom. The molecule has 1 atom stereocenters. The van der Waals surface area contributed by atoms with E-state index in [1.807, 2.05) is 36.4 Å². The van der Waals surface area contributed by atoms with Crippen LogP contribution in [0, 0.1) is 0 Å². The second-order valence-corrected chi connectivity index (χ2v) is 7.82. The van der Waals surface area contributed by atoms with Gasteiger partial charge in [0.2, 0.25) is 0 Å². The lowest BCUT2D eigenvalue weighted by molar-refractivity contribution is 0.405. The van der Waals surface area contributed by atoms with Crippen LogP contribution in [0.1, 0.15) is 10.8 Å². The Kier molecular flexibility index (Phi) is 3.48. The maximum absolute atomic E-state index is 12.2. The summed E-state index contributed by atoms with van der Waals surface area (Å²) in [6.07, 6.45) is 0. The second kappa shape index (κ2) is 5.14. The molecule has 0 aliphatic carbocycles. The van der Waals surface area contributed by atoms with Crippen molar-refractivity contribution in [2.75, 3.05) is 12.9 Å². The normalized spacial score (nSPS) is 19.6. The van der Waals surface area contributed by atoms with Crippen LogP contribution in [-0.4, -0.2) is 21.3 Å². The van der Waals surface area contributed by atoms with Gasteiger partial charge >= 0.3 is 0 Å². The van der Waals surface area contributed by atoms with Crippen LogP contribution in [0.2, 0.25) is 0 Å². The molecule has 0 aromatic heterocycles. The molecule has 1 aliphatic heterocycles. The predicted octanol–water partition coefficient (Wildman–Crippen LogP) is 3.32. The number of rotatable bonds is 3. The SMILES string of the molecule is COc1ccccc1SC1CS(=O)(=O)c2ccccc21. The van der Waals surface area contributed by atoms with Crippen molar-refractivity contribution in [3.05, 3.63) is 54.1 Å². The highest BCUT2D eigenvalue weighted by molar-refractivity contribution is 8.01. The number of sulfone groups is 1. The Labute approximate surface area is 122 Å². The first kappa shape index (κ1) is 13.5. The number of hydrogen-bond donors (Lipinski definition) is 0. The van der Waals surface area contributed by atoms with Gasteiger partial charge in [0.25, 0.3) is 0 Å². The Balaban J connectivity index is 1.98. The summed E-state index contributed by atoms with van der Waals surface area (Å²) in [6, 6.07) is 14.9. The van der Waals surface area contributed by atoms with Crippen LogP contribution >= 0.6 is 11.8 Å². The molecule has 0 amide bonds. The molecule has 5 heteroatoms. The van der Waals surface area contributed by atoms with E-state index in [0.717, 1.165) is 16.2 Å². The molecular formula is C15H14O3S2. The van der Waals surface area contributed by atoms with Crippen molar-refractivity contribution in [2.24, 2.45) is 0 Å². The van der Waals surface area contributed by atoms with Gasteiger partial charge in [-0.3, -0.25) is 0 Å². The molecule has 1 aliphatic rings. The number of hydrogen-bond acceptors (Lipinski definition) is 4. The molecule has 1 heterocycles. The molecule has 2 aromatic carbocycles. The van der Waals surface area contributed by atoms with Gasteiger partial charge < -0.3 is 4.74 Å². The zero-order valence-corrected chi connectivity index (χ0v) is 12.6. The van der Waals surface area contributed by atoms with Crippen LogP contribution in [0.4, 0.5) is 0 Å². The molecule has 3 nitrogen and oxygen atoms in total. The lowest BCUT2D eigenvalue weighted by atomic mass is 10.2. The van der Waals surface area contributed by atoms with Gasteiger partial charge in [0, 0.05) is 4.90 Å². The van der Waals surface area contributed by atoms with Gasteiger partial charge in [-0.15, -0.1) is 11.8 Å². The smallest absolute Gasteiger partial charge is 0.180 e. The van der Waals surface area contributed by atoms with Crippen molar-refractivity contribution in [1.29, 1.82) is 0 Å². The molecule has 0 N–H and O–H groups in total. The molecule has 20 heavy (non-hydrogen) atoms. The quantitative estimate of drug-likeness (QED) is 0.872. The second-order valence-electron chi connectivity index (χ2n) is 4.58. The highest BCUT2D eigenvalue weighted by Gasteiger charge is 2.35. The molecule has 0 bridgehead atoms. The molecule has 0 saturated heterocycles. The number of thioether (sulfide) groups is 1. The van der Waals surface area contributed by atoms with Crippen LogP contribution in [0.15, 0.2) is 58.3 Å². The van der Waals surface area contributed by atoms with Crippen LogP contribution < -0.4 is 4.74 Å². The average Bonchev–Trinajstić information content (AvgIpc) is 2.71. The fourth-order valence-corrected chi connectivity index (χ4v) is 5.94. The van der Waals surface area contributed by atoms with Crippen LogP contribution in [0.3, 0.4) is 0 Å². The lowest BCUT2D eigenvalue weighted by Crippen LogP contribution is -2.01. The fourth-order valence-electron chi connectivity index (χ4n) is 2.38. The number of ether oxygens (including phenoxy) is 1. The zero-order chi connectivity index (χ0) is 14.2. The first-order chi connectivity index (χ1) is 9.62. The van der Waals surface area contributed by atoms with E-state index in [0.29, 0.717) is 4.90 Å². The summed E-state index contributed by atoms with van der Waals surface area (Å²) in [6.45, 7) is 0. The van der Waals surface area contributed by atoms with E-state index in [4.69, 9.17) is 4.74 Å². The van der Waals surface area contributed by atoms with E-state index in [1.54, 1.807) is 31.0 Å². The third kappa shape index (κ3) is 2.31. The van der Waals surface area contributed by atoms with Gasteiger partial charge in [0.1, 0.15) is 5.75 Å². The molecule has 3 rings (SSSR count). The number of benzene rings is 2. The van der Waals surface area contributed by atoms with Gasteiger partial charge in [0.15, 0.2) is 9.84 Å². The molecule has 1 unspecified atom stereocenters. The van der Waals surface area contributed by atoms with Crippen molar-refractivity contribution in [2.45, 2.75) is 15.0 Å². The zero-order valence-electron chi connectivity index (χ0n) is 10.9. The Bertz CT molecular complexity index is 738. The maximum atomic E-state index is 12.2. The number of fused-ring (bicyclic) bond motifs is 1. The molecule has 0 saturated carbocycles. The molecule has 0 radical (unpaired) electrons. The lowest BCUT2D eigenvalue weighted by Gasteiger charge is -2.12. The molecular weight excluding hydrogens is 292 g/mol. The number of para-hydroxylation sites is 1. The maximum Gasteiger partial charge on any atom is 0.180 e. The fraction of sp³-hybridized carbons (Fsp3) is 0.200. The molecule has 0 fully saturated rings. The summed E-state index contributed by atoms with van der Waals surface area (Å²) in [5.41, 5.74) is 0.892. The van der Waals surface area contributed by atoms with Crippen molar-refractivity contribution in [3.8, 4) is 5.75 Å². The Hall–Kier alpha value is -1.46. The molecule has 0 spiro atoms. The molecule has 104 valence electrons. The summed E-state index contributed by atoms with van der Waals surface area (Å²) in [4.78, 5) is 1.43. The monoisotopic (exact) mass is 306 g/mol. The first-order valence-electron chi connectivity index (χ1n) is 6.23. The standard InChI is InChI=1S/C15H14O3S2/c1-18-12-7-3-4-8-13(12)19-14-10-20(16,17)15-9-5-2-6-11(14)15/h2-9,14H,10H2,1H3. The van der Waals surface area contributed by atoms with Crippen molar-refractivity contribution < 1.29 is 13.2 Å². The van der Waals surface area contributed by atoms with Crippen LogP contribution in [-0.2, 0) is 9.84 Å². The average molecular weight is 306 g/mol. The van der Waals surface area contributed by atoms with Gasteiger partial charge in [-0.25, -0.2) is 8.42 Å². The van der Waals surface area contributed by atoms with E-state index in [1.165, 1.54) is 0 Å². The van der Waals surface area contributed by atoms with Gasteiger partial charge in [0.05, 0.1) is 23.0 Å². The minimum absolute atomic E-state index is 0.0764. The summed E-state index contributed by atoms with van der Waals surface area (Å²) in [5, 5.41) is -0.0764. The summed E-state index contributed by atoms with van der Waals surface area (Å²) < 4.78 is 29.7. The van der Waals surface area contributed by atoms with Gasteiger partial charge in [-0.2, -0.15) is 0 Å². The van der Waals surface area contributed by atoms with Crippen LogP contribution in [0.25, 0.3) is 0 Å². The third-order valence-corrected chi connectivity index (χ3v) is 6.63. The van der Waals surface area contributed by atoms with Crippen molar-refractivity contribution in [1.82, 2.24) is 0 Å². The number of methoxy groups -OCH3 is 1. The topological polar surface area (TPSA) is 43.4 Å². The van der Waals surface area contributed by atoms with E-state index in [9.17, 15) is 8.42 Å². The largest absolute Gasteiger partial charge is 0.496 e. The van der Waals surface area contributed by atoms with E-state index in [-0.39, 0.29) is 11.0 Å². The van der Waals surface area contributed by atoms with Crippen molar-refractivity contribution >= 4 is 21.6 Å². The van der Waals surface area contributed by atoms with Gasteiger partial charge in [-0.1, -0.05) is 30.3 Å². The summed E-state index contributed by atoms with van der Waals surface area (Å²) >= 11 is 1.54. The van der Waals surface area contributed by atoms with E-state index in [2.05, 4.69) is 0 Å². The highest BCUT2D eigenvalue weighted by Crippen LogP contribution is 2.46. The highest BCUT2D eigenvalue weighted by atomic mass is 32.2. The van der Waals surface area contributed by atoms with E-state index < -0.39 is 9.84 Å². The minimum atomic E-state index is -3.16. The Morgan fingerprint density at radius 1 is 1.10 bits per heavy atom. The summed E-state index contributed by atoms with van der Waals surface area (Å²) in [5.74, 6) is 0.925. The predicted molar refractivity (Wildman–Crippen MR) is 80.1 cm³/mol. The molecule has 2 aromatic rings. The Morgan fingerprint density at radius 3 is 2.60 bits per heavy atom. The van der Waals surface area contributed by atoms with Gasteiger partial charge in [-0.05, 0) is 23.8 Å². The van der Waals surface area contributed by atoms with Crippen molar-refractivity contribution in [3.63, 3.8) is 0 Å².